The van der Waals surface area contributed by atoms with Crippen molar-refractivity contribution in [1.29, 1.82) is 0 Å². The summed E-state index contributed by atoms with van der Waals surface area (Å²) in [6.45, 7) is 12.5. The highest BCUT2D eigenvalue weighted by molar-refractivity contribution is 5.82. The van der Waals surface area contributed by atoms with Gasteiger partial charge in [0.1, 0.15) is 6.10 Å². The molecule has 0 saturated heterocycles. The van der Waals surface area contributed by atoms with Gasteiger partial charge in [0.15, 0.2) is 0 Å². The summed E-state index contributed by atoms with van der Waals surface area (Å²) in [5.41, 5.74) is 8.27. The van der Waals surface area contributed by atoms with Crippen molar-refractivity contribution >= 4 is 11.6 Å². The molecule has 7 heteroatoms. The first-order valence-corrected chi connectivity index (χ1v) is 11.3. The van der Waals surface area contributed by atoms with E-state index in [9.17, 15) is 5.11 Å². The molecule has 4 rings (SSSR count). The summed E-state index contributed by atoms with van der Waals surface area (Å²) in [7, 11) is 3.98. The monoisotopic (exact) mass is 447 g/mol. The fourth-order valence-electron chi connectivity index (χ4n) is 4.43. The second-order valence-electron chi connectivity index (χ2n) is 8.89. The molecule has 0 spiro atoms. The molecule has 1 aliphatic rings. The largest absolute Gasteiger partial charge is 0.473 e. The Morgan fingerprint density at radius 1 is 1.18 bits per heavy atom. The topological polar surface area (TPSA) is 68.3 Å². The fraction of sp³-hybridized carbons (Fsp3) is 0.385. The van der Waals surface area contributed by atoms with Gasteiger partial charge < -0.3 is 9.84 Å². The van der Waals surface area contributed by atoms with Gasteiger partial charge in [-0.1, -0.05) is 30.9 Å². The fourth-order valence-corrected chi connectivity index (χ4v) is 4.43. The number of aryl methyl sites for hydroxylation is 2. The number of aliphatic hydroxyl groups excluding tert-OH is 1. The first-order chi connectivity index (χ1) is 15.8. The van der Waals surface area contributed by atoms with Crippen LogP contribution in [0.4, 0.5) is 0 Å². The number of allylic oxidation sites excluding steroid dienone is 2. The van der Waals surface area contributed by atoms with Gasteiger partial charge in [-0.15, -0.1) is 0 Å². The Hall–Kier alpha value is -3.16. The van der Waals surface area contributed by atoms with Crippen molar-refractivity contribution in [2.24, 2.45) is 7.05 Å². The molecule has 33 heavy (non-hydrogen) atoms. The molecule has 1 aliphatic heterocycles. The lowest BCUT2D eigenvalue weighted by atomic mass is 9.96. The van der Waals surface area contributed by atoms with E-state index in [1.54, 1.807) is 4.68 Å². The minimum absolute atomic E-state index is 0.0474. The molecular weight excluding hydrogens is 414 g/mol. The van der Waals surface area contributed by atoms with Crippen LogP contribution in [0.2, 0.25) is 0 Å². The molecule has 3 heterocycles. The molecule has 0 saturated carbocycles. The smallest absolute Gasteiger partial charge is 0.219 e. The van der Waals surface area contributed by atoms with E-state index in [4.69, 9.17) is 9.84 Å². The minimum Gasteiger partial charge on any atom is -0.473 e. The van der Waals surface area contributed by atoms with E-state index in [0.717, 1.165) is 57.2 Å². The lowest BCUT2D eigenvalue weighted by molar-refractivity contribution is 0.148. The van der Waals surface area contributed by atoms with E-state index < -0.39 is 0 Å². The molecule has 2 aromatic heterocycles. The average molecular weight is 448 g/mol. The van der Waals surface area contributed by atoms with Gasteiger partial charge in [0.05, 0.1) is 30.6 Å². The van der Waals surface area contributed by atoms with Crippen LogP contribution in [-0.2, 0) is 20.1 Å². The molecule has 1 unspecified atom stereocenters. The highest BCUT2D eigenvalue weighted by atomic mass is 16.5. The zero-order valence-electron chi connectivity index (χ0n) is 20.2. The summed E-state index contributed by atoms with van der Waals surface area (Å²) >= 11 is 0. The van der Waals surface area contributed by atoms with Crippen LogP contribution in [-0.4, -0.2) is 55.9 Å². The molecule has 1 atom stereocenters. The third kappa shape index (κ3) is 4.65. The van der Waals surface area contributed by atoms with Crippen molar-refractivity contribution in [2.45, 2.75) is 40.0 Å². The molecule has 174 valence electrons. The Labute approximate surface area is 195 Å². The molecule has 0 amide bonds. The van der Waals surface area contributed by atoms with Crippen molar-refractivity contribution in [3.8, 4) is 17.0 Å². The van der Waals surface area contributed by atoms with Crippen molar-refractivity contribution in [3.05, 3.63) is 65.1 Å². The number of fused-ring (bicyclic) bond motifs is 5. The van der Waals surface area contributed by atoms with Gasteiger partial charge in [-0.3, -0.25) is 9.58 Å². The van der Waals surface area contributed by atoms with Crippen molar-refractivity contribution in [1.82, 2.24) is 24.5 Å². The van der Waals surface area contributed by atoms with Crippen LogP contribution in [0.3, 0.4) is 0 Å². The first-order valence-electron chi connectivity index (χ1n) is 11.3. The Morgan fingerprint density at radius 3 is 2.73 bits per heavy atom. The van der Waals surface area contributed by atoms with E-state index >= 15 is 0 Å². The van der Waals surface area contributed by atoms with E-state index in [1.807, 2.05) is 24.9 Å². The number of ether oxygens (including phenoxy) is 1. The van der Waals surface area contributed by atoms with Crippen LogP contribution in [0.25, 0.3) is 22.8 Å². The van der Waals surface area contributed by atoms with E-state index in [2.05, 4.69) is 67.8 Å². The maximum atomic E-state index is 9.46. The molecule has 0 aliphatic carbocycles. The summed E-state index contributed by atoms with van der Waals surface area (Å²) < 4.78 is 10.1. The van der Waals surface area contributed by atoms with Crippen molar-refractivity contribution in [2.75, 3.05) is 20.2 Å². The SMILES string of the molecule is C=C1/C=C/c2c(nn(CCO)c2C)CN(C)CC(C)Oc2c(cnn2C)-c2ccc(C)c1c2. The van der Waals surface area contributed by atoms with Crippen LogP contribution in [0.1, 0.15) is 35.0 Å². The average Bonchev–Trinajstić information content (AvgIpc) is 3.26. The normalized spacial score (nSPS) is 18.1. The van der Waals surface area contributed by atoms with Crippen LogP contribution in [0, 0.1) is 13.8 Å². The molecule has 1 N–H and O–H groups in total. The standard InChI is InChI=1S/C26H33N5O2/c1-17-7-9-21-13-23(17)18(2)8-10-22-20(4)31(11-12-32)28-25(22)16-29(5)15-19(3)33-26-24(21)14-27-30(26)6/h7-10,13-14,19,32H,2,11-12,15-16H2,1,3-6H3/b10-8+. The predicted molar refractivity (Wildman–Crippen MR) is 132 cm³/mol. The van der Waals surface area contributed by atoms with Crippen LogP contribution in [0.15, 0.2) is 37.1 Å². The summed E-state index contributed by atoms with van der Waals surface area (Å²) in [5.74, 6) is 0.755. The van der Waals surface area contributed by atoms with Crippen molar-refractivity contribution in [3.63, 3.8) is 0 Å². The summed E-state index contributed by atoms with van der Waals surface area (Å²) in [6, 6.07) is 6.38. The summed E-state index contributed by atoms with van der Waals surface area (Å²) in [6.07, 6.45) is 5.98. The van der Waals surface area contributed by atoms with Gasteiger partial charge in [-0.2, -0.15) is 10.2 Å². The highest BCUT2D eigenvalue weighted by Gasteiger charge is 2.20. The highest BCUT2D eigenvalue weighted by Crippen LogP contribution is 2.33. The van der Waals surface area contributed by atoms with Crippen LogP contribution in [0.5, 0.6) is 5.88 Å². The Bertz CT molecular complexity index is 1200. The third-order valence-electron chi connectivity index (χ3n) is 6.17. The van der Waals surface area contributed by atoms with Gasteiger partial charge in [0.25, 0.3) is 0 Å². The lowest BCUT2D eigenvalue weighted by Gasteiger charge is -2.22. The number of nitrogens with zero attached hydrogens (tertiary/aromatic N) is 5. The maximum Gasteiger partial charge on any atom is 0.219 e. The zero-order chi connectivity index (χ0) is 23.7. The van der Waals surface area contributed by atoms with Gasteiger partial charge in [-0.25, -0.2) is 4.68 Å². The maximum absolute atomic E-state index is 9.46. The van der Waals surface area contributed by atoms with Crippen LogP contribution >= 0.6 is 0 Å². The molecule has 3 aromatic rings. The van der Waals surface area contributed by atoms with Crippen LogP contribution < -0.4 is 4.74 Å². The number of likely N-dealkylation sites (N-methyl/N-ethyl adjacent to an activating group) is 1. The summed E-state index contributed by atoms with van der Waals surface area (Å²) in [4.78, 5) is 2.21. The summed E-state index contributed by atoms with van der Waals surface area (Å²) in [5, 5.41) is 18.7. The van der Waals surface area contributed by atoms with Gasteiger partial charge >= 0.3 is 0 Å². The Kier molecular flexibility index (Phi) is 6.54. The second kappa shape index (κ2) is 9.37. The van der Waals surface area contributed by atoms with E-state index in [-0.39, 0.29) is 12.7 Å². The molecule has 1 aromatic carbocycles. The van der Waals surface area contributed by atoms with Gasteiger partial charge in [-0.05, 0) is 56.1 Å². The van der Waals surface area contributed by atoms with E-state index in [0.29, 0.717) is 13.1 Å². The number of rotatable bonds is 2. The molecular formula is C26H33N5O2. The minimum atomic E-state index is -0.0474. The molecule has 0 radical (unpaired) electrons. The molecule has 0 fully saturated rings. The first kappa shape index (κ1) is 23.0. The Morgan fingerprint density at radius 2 is 1.97 bits per heavy atom. The molecule has 2 bridgehead atoms. The third-order valence-corrected chi connectivity index (χ3v) is 6.17. The number of hydrogen-bond donors (Lipinski definition) is 1. The number of aromatic nitrogens is 4. The van der Waals surface area contributed by atoms with Gasteiger partial charge in [0.2, 0.25) is 5.88 Å². The van der Waals surface area contributed by atoms with Gasteiger partial charge in [0, 0.05) is 31.4 Å². The number of aliphatic hydroxyl groups is 1. The predicted octanol–water partition coefficient (Wildman–Crippen LogP) is 3.83. The number of hydrogen-bond acceptors (Lipinski definition) is 5. The van der Waals surface area contributed by atoms with E-state index in [1.165, 1.54) is 0 Å². The van der Waals surface area contributed by atoms with Crippen molar-refractivity contribution < 1.29 is 9.84 Å². The quantitative estimate of drug-likeness (QED) is 0.647. The second-order valence-corrected chi connectivity index (χ2v) is 8.89. The lowest BCUT2D eigenvalue weighted by Crippen LogP contribution is -2.31. The Balaban J connectivity index is 1.84. The zero-order valence-corrected chi connectivity index (χ0v) is 20.2. The molecule has 7 nitrogen and oxygen atoms in total. The number of benzene rings is 1.